The maximum absolute atomic E-state index is 12.9. The standard InChI is InChI=1S/C10H11F/c1-3-5-9-6-4-7-10(11)8(9)2/h3-7H,1-2H3/b5-3+. The molecule has 11 heavy (non-hydrogen) atoms. The molecule has 0 heterocycles. The Labute approximate surface area is 66.4 Å². The van der Waals surface area contributed by atoms with Gasteiger partial charge in [-0.3, -0.25) is 0 Å². The normalized spacial score (nSPS) is 10.8. The van der Waals surface area contributed by atoms with E-state index >= 15 is 0 Å². The van der Waals surface area contributed by atoms with Crippen LogP contribution in [0.5, 0.6) is 0 Å². The molecule has 58 valence electrons. The molecule has 0 atom stereocenters. The van der Waals surface area contributed by atoms with Crippen molar-refractivity contribution in [3.05, 3.63) is 41.2 Å². The van der Waals surface area contributed by atoms with E-state index in [1.54, 1.807) is 13.0 Å². The lowest BCUT2D eigenvalue weighted by molar-refractivity contribution is 0.618. The summed E-state index contributed by atoms with van der Waals surface area (Å²) in [4.78, 5) is 0. The summed E-state index contributed by atoms with van der Waals surface area (Å²) in [6, 6.07) is 5.10. The number of benzene rings is 1. The number of hydrogen-bond donors (Lipinski definition) is 0. The summed E-state index contributed by atoms with van der Waals surface area (Å²) in [5.41, 5.74) is 1.66. The quantitative estimate of drug-likeness (QED) is 0.576. The molecule has 0 aliphatic carbocycles. The highest BCUT2D eigenvalue weighted by Gasteiger charge is 1.98. The SMILES string of the molecule is C/C=C/c1cccc(F)c1C. The van der Waals surface area contributed by atoms with Crippen LogP contribution in [-0.2, 0) is 0 Å². The molecule has 0 radical (unpaired) electrons. The molecular weight excluding hydrogens is 139 g/mol. The minimum atomic E-state index is -0.138. The van der Waals surface area contributed by atoms with E-state index in [1.165, 1.54) is 6.07 Å². The molecule has 0 saturated heterocycles. The Hall–Kier alpha value is -1.11. The number of rotatable bonds is 1. The molecule has 0 bridgehead atoms. The lowest BCUT2D eigenvalue weighted by Gasteiger charge is -1.99. The van der Waals surface area contributed by atoms with Gasteiger partial charge in [0.1, 0.15) is 5.82 Å². The van der Waals surface area contributed by atoms with Gasteiger partial charge < -0.3 is 0 Å². The average molecular weight is 150 g/mol. The maximum atomic E-state index is 12.9. The number of allylic oxidation sites excluding steroid dienone is 1. The molecule has 0 unspecified atom stereocenters. The van der Waals surface area contributed by atoms with Crippen LogP contribution in [0, 0.1) is 12.7 Å². The Balaban J connectivity index is 3.16. The molecule has 1 rings (SSSR count). The van der Waals surface area contributed by atoms with E-state index < -0.39 is 0 Å². The van der Waals surface area contributed by atoms with Gasteiger partial charge in [0.2, 0.25) is 0 Å². The topological polar surface area (TPSA) is 0 Å². The summed E-state index contributed by atoms with van der Waals surface area (Å²) in [6.07, 6.45) is 3.81. The van der Waals surface area contributed by atoms with Gasteiger partial charge in [0, 0.05) is 0 Å². The second kappa shape index (κ2) is 3.33. The van der Waals surface area contributed by atoms with Crippen LogP contribution in [0.15, 0.2) is 24.3 Å². The highest BCUT2D eigenvalue weighted by molar-refractivity contribution is 5.53. The Bertz CT molecular complexity index is 274. The van der Waals surface area contributed by atoms with Crippen molar-refractivity contribution in [2.24, 2.45) is 0 Å². The molecular formula is C10H11F. The Morgan fingerprint density at radius 3 is 2.73 bits per heavy atom. The van der Waals surface area contributed by atoms with Crippen LogP contribution in [0.25, 0.3) is 6.08 Å². The average Bonchev–Trinajstić information content (AvgIpc) is 1.99. The van der Waals surface area contributed by atoms with Crippen molar-refractivity contribution >= 4 is 6.08 Å². The molecule has 0 aliphatic rings. The fourth-order valence-electron chi connectivity index (χ4n) is 0.984. The van der Waals surface area contributed by atoms with Gasteiger partial charge in [0.05, 0.1) is 0 Å². The lowest BCUT2D eigenvalue weighted by atomic mass is 10.1. The molecule has 1 heteroatoms. The largest absolute Gasteiger partial charge is 0.207 e. The predicted molar refractivity (Wildman–Crippen MR) is 45.8 cm³/mol. The Morgan fingerprint density at radius 2 is 2.09 bits per heavy atom. The van der Waals surface area contributed by atoms with Gasteiger partial charge in [-0.1, -0.05) is 24.3 Å². The smallest absolute Gasteiger partial charge is 0.126 e. The molecule has 0 saturated carbocycles. The van der Waals surface area contributed by atoms with Gasteiger partial charge in [0.25, 0.3) is 0 Å². The van der Waals surface area contributed by atoms with Crippen molar-refractivity contribution in [2.75, 3.05) is 0 Å². The first kappa shape index (κ1) is 7.99. The minimum Gasteiger partial charge on any atom is -0.207 e. The summed E-state index contributed by atoms with van der Waals surface area (Å²) < 4.78 is 12.9. The molecule has 0 aliphatic heterocycles. The van der Waals surface area contributed by atoms with Gasteiger partial charge in [-0.2, -0.15) is 0 Å². The van der Waals surface area contributed by atoms with Crippen molar-refractivity contribution in [1.82, 2.24) is 0 Å². The van der Waals surface area contributed by atoms with Crippen molar-refractivity contribution in [3.63, 3.8) is 0 Å². The van der Waals surface area contributed by atoms with Gasteiger partial charge in [-0.05, 0) is 31.0 Å². The Morgan fingerprint density at radius 1 is 1.36 bits per heavy atom. The number of hydrogen-bond acceptors (Lipinski definition) is 0. The minimum absolute atomic E-state index is 0.138. The maximum Gasteiger partial charge on any atom is 0.126 e. The molecule has 0 fully saturated rings. The van der Waals surface area contributed by atoms with E-state index in [2.05, 4.69) is 0 Å². The lowest BCUT2D eigenvalue weighted by Crippen LogP contribution is -1.84. The van der Waals surface area contributed by atoms with Crippen molar-refractivity contribution < 1.29 is 4.39 Å². The first-order valence-corrected chi connectivity index (χ1v) is 3.63. The van der Waals surface area contributed by atoms with Crippen molar-refractivity contribution in [3.8, 4) is 0 Å². The molecule has 0 aromatic heterocycles. The third kappa shape index (κ3) is 1.67. The van der Waals surface area contributed by atoms with Crippen LogP contribution in [0.1, 0.15) is 18.1 Å². The zero-order valence-corrected chi connectivity index (χ0v) is 6.76. The second-order valence-electron chi connectivity index (χ2n) is 2.45. The molecule has 0 N–H and O–H groups in total. The van der Waals surface area contributed by atoms with E-state index in [0.717, 1.165) is 5.56 Å². The zero-order chi connectivity index (χ0) is 8.27. The summed E-state index contributed by atoms with van der Waals surface area (Å²) in [6.45, 7) is 3.70. The van der Waals surface area contributed by atoms with Crippen LogP contribution in [0.2, 0.25) is 0 Å². The van der Waals surface area contributed by atoms with Crippen LogP contribution >= 0.6 is 0 Å². The fourth-order valence-corrected chi connectivity index (χ4v) is 0.984. The van der Waals surface area contributed by atoms with Gasteiger partial charge >= 0.3 is 0 Å². The molecule has 1 aromatic carbocycles. The fraction of sp³-hybridized carbons (Fsp3) is 0.200. The van der Waals surface area contributed by atoms with E-state index in [1.807, 2.05) is 25.1 Å². The highest BCUT2D eigenvalue weighted by atomic mass is 19.1. The monoisotopic (exact) mass is 150 g/mol. The van der Waals surface area contributed by atoms with Crippen LogP contribution in [0.4, 0.5) is 4.39 Å². The van der Waals surface area contributed by atoms with E-state index in [0.29, 0.717) is 5.56 Å². The summed E-state index contributed by atoms with van der Waals surface area (Å²) in [5.74, 6) is -0.138. The molecule has 1 aromatic rings. The highest BCUT2D eigenvalue weighted by Crippen LogP contribution is 2.12. The van der Waals surface area contributed by atoms with E-state index in [-0.39, 0.29) is 5.82 Å². The third-order valence-corrected chi connectivity index (χ3v) is 1.66. The Kier molecular flexibility index (Phi) is 2.42. The predicted octanol–water partition coefficient (Wildman–Crippen LogP) is 3.17. The van der Waals surface area contributed by atoms with Crippen LogP contribution in [0.3, 0.4) is 0 Å². The van der Waals surface area contributed by atoms with Crippen molar-refractivity contribution in [1.29, 1.82) is 0 Å². The number of halogens is 1. The first-order valence-electron chi connectivity index (χ1n) is 3.63. The molecule has 0 nitrogen and oxygen atoms in total. The van der Waals surface area contributed by atoms with Crippen molar-refractivity contribution in [2.45, 2.75) is 13.8 Å². The zero-order valence-electron chi connectivity index (χ0n) is 6.76. The third-order valence-electron chi connectivity index (χ3n) is 1.66. The molecule has 0 spiro atoms. The first-order chi connectivity index (χ1) is 5.25. The van der Waals surface area contributed by atoms with Crippen LogP contribution < -0.4 is 0 Å². The summed E-state index contributed by atoms with van der Waals surface area (Å²) in [7, 11) is 0. The van der Waals surface area contributed by atoms with Gasteiger partial charge in [-0.15, -0.1) is 0 Å². The summed E-state index contributed by atoms with van der Waals surface area (Å²) >= 11 is 0. The van der Waals surface area contributed by atoms with E-state index in [4.69, 9.17) is 0 Å². The van der Waals surface area contributed by atoms with Crippen LogP contribution in [-0.4, -0.2) is 0 Å². The van der Waals surface area contributed by atoms with Gasteiger partial charge in [-0.25, -0.2) is 4.39 Å². The second-order valence-corrected chi connectivity index (χ2v) is 2.45. The molecule has 0 amide bonds. The van der Waals surface area contributed by atoms with E-state index in [9.17, 15) is 4.39 Å². The van der Waals surface area contributed by atoms with Gasteiger partial charge in [0.15, 0.2) is 0 Å². The summed E-state index contributed by atoms with van der Waals surface area (Å²) in [5, 5.41) is 0.